The number of halogens is 2. The van der Waals surface area contributed by atoms with Crippen LogP contribution in [0.1, 0.15) is 13.8 Å². The van der Waals surface area contributed by atoms with Gasteiger partial charge in [0.15, 0.2) is 0 Å². The normalized spacial score (nSPS) is 9.47. The summed E-state index contributed by atoms with van der Waals surface area (Å²) in [7, 11) is 0. The molecular weight excluding hydrogens is 475 g/mol. The molecule has 0 radical (unpaired) electrons. The van der Waals surface area contributed by atoms with Crippen molar-refractivity contribution in [2.75, 3.05) is 0 Å². The molecule has 2 aromatic heterocycles. The van der Waals surface area contributed by atoms with E-state index in [1.165, 1.54) is 8.87 Å². The van der Waals surface area contributed by atoms with Crippen LogP contribution < -0.4 is 0 Å². The predicted octanol–water partition coefficient (Wildman–Crippen LogP) is 5.42. The molecule has 2 rings (SSSR count). The summed E-state index contributed by atoms with van der Waals surface area (Å²) in [4.78, 5) is 7.57. The topological polar surface area (TPSA) is 25.8 Å². The smallest absolute Gasteiger partial charge is 0.0267 e. The van der Waals surface area contributed by atoms with Gasteiger partial charge in [-0.2, -0.15) is 0 Å². The third-order valence-corrected chi connectivity index (χ3v) is 23.1. The molecule has 0 bridgehead atoms. The Kier molecular flexibility index (Phi) is 13.1. The molecule has 0 aliphatic rings. The van der Waals surface area contributed by atoms with E-state index in [4.69, 9.17) is 0 Å². The van der Waals surface area contributed by atoms with Crippen molar-refractivity contribution in [2.45, 2.75) is 22.7 Å². The Balaban J connectivity index is 0.000000256. The van der Waals surface area contributed by atoms with Crippen molar-refractivity contribution in [1.82, 2.24) is 9.97 Å². The van der Waals surface area contributed by atoms with Gasteiger partial charge >= 0.3 is 62.1 Å². The van der Waals surface area contributed by atoms with Crippen molar-refractivity contribution < 1.29 is 0 Å². The quantitative estimate of drug-likeness (QED) is 0.521. The second-order valence-corrected chi connectivity index (χ2v) is 40.0. The van der Waals surface area contributed by atoms with E-state index in [1.807, 2.05) is 36.4 Å². The van der Waals surface area contributed by atoms with Gasteiger partial charge in [-0.05, 0) is 24.3 Å². The first-order valence-electron chi connectivity index (χ1n) is 6.20. The first-order chi connectivity index (χ1) is 9.12. The summed E-state index contributed by atoms with van der Waals surface area (Å²) in [6.45, 7) is 4.48. The molecule has 2 aromatic rings. The Labute approximate surface area is 132 Å². The standard InChI is InChI=1S/2C5H5N.2C2H5.2BrH.Sn/c2*1-2-4-6-5-3-1;2*1-2;;;/h2*1-5H;2*1H2,2H3;2*1H;/q;;;;;;+2/p-2. The maximum absolute atomic E-state index is 3.78. The van der Waals surface area contributed by atoms with Crippen LogP contribution in [0.2, 0.25) is 8.87 Å². The summed E-state index contributed by atoms with van der Waals surface area (Å²) in [5.74, 6) is 0. The van der Waals surface area contributed by atoms with Gasteiger partial charge in [0, 0.05) is 24.8 Å². The van der Waals surface area contributed by atoms with Crippen LogP contribution in [0.5, 0.6) is 0 Å². The summed E-state index contributed by atoms with van der Waals surface area (Å²) >= 11 is 5.75. The van der Waals surface area contributed by atoms with Crippen molar-refractivity contribution >= 4 is 39.3 Å². The summed E-state index contributed by atoms with van der Waals surface area (Å²) in [5.41, 5.74) is 0. The van der Waals surface area contributed by atoms with Crippen LogP contribution >= 0.6 is 25.4 Å². The van der Waals surface area contributed by atoms with Crippen molar-refractivity contribution in [2.24, 2.45) is 0 Å². The van der Waals surface area contributed by atoms with E-state index < -0.39 is 13.9 Å². The van der Waals surface area contributed by atoms with E-state index in [1.54, 1.807) is 24.8 Å². The average molecular weight is 495 g/mol. The van der Waals surface area contributed by atoms with Crippen LogP contribution in [-0.2, 0) is 0 Å². The number of hydrogen-bond donors (Lipinski definition) is 0. The molecule has 104 valence electrons. The van der Waals surface area contributed by atoms with E-state index in [2.05, 4.69) is 49.2 Å². The Morgan fingerprint density at radius 3 is 1.05 bits per heavy atom. The largest absolute Gasteiger partial charge is 0.265 e. The van der Waals surface area contributed by atoms with Gasteiger partial charge < -0.3 is 0 Å². The molecule has 0 unspecified atom stereocenters. The molecule has 0 N–H and O–H groups in total. The molecule has 5 heteroatoms. The molecule has 0 fully saturated rings. The second kappa shape index (κ2) is 13.1. The van der Waals surface area contributed by atoms with Crippen molar-refractivity contribution in [3.05, 3.63) is 61.2 Å². The van der Waals surface area contributed by atoms with Gasteiger partial charge in [-0.3, -0.25) is 9.97 Å². The molecular formula is C14H20Br2N2Sn. The van der Waals surface area contributed by atoms with E-state index in [0.29, 0.717) is 0 Å². The Morgan fingerprint density at radius 1 is 0.684 bits per heavy atom. The Hall–Kier alpha value is 0.0587. The van der Waals surface area contributed by atoms with Crippen LogP contribution in [0.25, 0.3) is 0 Å². The van der Waals surface area contributed by atoms with Gasteiger partial charge in [-0.1, -0.05) is 12.1 Å². The van der Waals surface area contributed by atoms with Gasteiger partial charge in [-0.25, -0.2) is 0 Å². The third kappa shape index (κ3) is 14.3. The summed E-state index contributed by atoms with van der Waals surface area (Å²) in [6, 6.07) is 11.4. The monoisotopic (exact) mass is 494 g/mol. The Bertz CT molecular complexity index is 294. The molecule has 2 nitrogen and oxygen atoms in total. The minimum Gasteiger partial charge on any atom is -0.265 e. The van der Waals surface area contributed by atoms with Crippen molar-refractivity contribution in [3.8, 4) is 0 Å². The van der Waals surface area contributed by atoms with Crippen molar-refractivity contribution in [3.63, 3.8) is 0 Å². The molecule has 0 spiro atoms. The summed E-state index contributed by atoms with van der Waals surface area (Å²) in [5, 5.41) is 0. The average Bonchev–Trinajstić information content (AvgIpc) is 2.52. The van der Waals surface area contributed by atoms with Crippen LogP contribution in [0.3, 0.4) is 0 Å². The van der Waals surface area contributed by atoms with Crippen LogP contribution in [-0.4, -0.2) is 23.9 Å². The number of hydrogen-bond acceptors (Lipinski definition) is 2. The van der Waals surface area contributed by atoms with Crippen molar-refractivity contribution in [1.29, 1.82) is 0 Å². The molecule has 0 aromatic carbocycles. The van der Waals surface area contributed by atoms with E-state index in [-0.39, 0.29) is 0 Å². The SMILES string of the molecule is C[CH2][Sn]([Br])([Br])[CH2]C.c1ccncc1.c1ccncc1. The molecule has 0 aliphatic heterocycles. The van der Waals surface area contributed by atoms with Crippen LogP contribution in [0.4, 0.5) is 0 Å². The molecule has 0 atom stereocenters. The molecule has 0 amide bonds. The van der Waals surface area contributed by atoms with Gasteiger partial charge in [0.05, 0.1) is 0 Å². The fourth-order valence-electron chi connectivity index (χ4n) is 0.875. The van der Waals surface area contributed by atoms with Gasteiger partial charge in [-0.15, -0.1) is 0 Å². The third-order valence-electron chi connectivity index (χ3n) is 2.17. The maximum Gasteiger partial charge on any atom is 0.0267 e. The van der Waals surface area contributed by atoms with Gasteiger partial charge in [0.1, 0.15) is 0 Å². The number of aromatic nitrogens is 2. The first-order valence-corrected chi connectivity index (χ1v) is 23.0. The minimum absolute atomic E-state index is 1.34. The van der Waals surface area contributed by atoms with E-state index >= 15 is 0 Å². The number of rotatable bonds is 2. The fraction of sp³-hybridized carbons (Fsp3) is 0.286. The zero-order valence-electron chi connectivity index (χ0n) is 11.3. The maximum atomic E-state index is 3.78. The minimum atomic E-state index is -1.66. The van der Waals surface area contributed by atoms with Gasteiger partial charge in [0.25, 0.3) is 0 Å². The van der Waals surface area contributed by atoms with E-state index in [0.717, 1.165) is 0 Å². The Morgan fingerprint density at radius 2 is 1.00 bits per heavy atom. The summed E-state index contributed by atoms with van der Waals surface area (Å²) < 4.78 is 2.68. The fourth-order valence-corrected chi connectivity index (χ4v) is 2.30. The number of pyridine rings is 2. The first kappa shape index (κ1) is 19.1. The summed E-state index contributed by atoms with van der Waals surface area (Å²) in [6.07, 6.45) is 7.00. The zero-order chi connectivity index (χ0) is 14.4. The van der Waals surface area contributed by atoms with Gasteiger partial charge in [0.2, 0.25) is 0 Å². The van der Waals surface area contributed by atoms with Crippen LogP contribution in [0, 0.1) is 0 Å². The number of nitrogens with zero attached hydrogens (tertiary/aromatic N) is 2. The molecule has 2 heterocycles. The molecule has 0 saturated carbocycles. The molecule has 19 heavy (non-hydrogen) atoms. The second-order valence-electron chi connectivity index (χ2n) is 3.61. The zero-order valence-corrected chi connectivity index (χ0v) is 17.4. The van der Waals surface area contributed by atoms with Crippen LogP contribution in [0.15, 0.2) is 61.2 Å². The predicted molar refractivity (Wildman–Crippen MR) is 93.0 cm³/mol. The molecule has 0 saturated heterocycles. The molecule has 0 aliphatic carbocycles. The van der Waals surface area contributed by atoms with E-state index in [9.17, 15) is 0 Å².